The third-order valence-electron chi connectivity index (χ3n) is 1.17. The summed E-state index contributed by atoms with van der Waals surface area (Å²) >= 11 is 2.03. The maximum atomic E-state index is 12.7. The van der Waals surface area contributed by atoms with Crippen LogP contribution in [0.4, 0.5) is 4.39 Å². The summed E-state index contributed by atoms with van der Waals surface area (Å²) in [6.07, 6.45) is 0. The molecule has 2 N–H and O–H groups in total. The summed E-state index contributed by atoms with van der Waals surface area (Å²) in [5.74, 6) is 4.58. The molecule has 0 aliphatic carbocycles. The van der Waals surface area contributed by atoms with Gasteiger partial charge >= 0.3 is 0 Å². The van der Waals surface area contributed by atoms with Gasteiger partial charge in [-0.3, -0.25) is 4.84 Å². The van der Waals surface area contributed by atoms with Crippen molar-refractivity contribution in [3.8, 4) is 0 Å². The SMILES string of the molecule is NOCc1cc(F)cc(I)c1. The fourth-order valence-corrected chi connectivity index (χ4v) is 1.49. The minimum atomic E-state index is -0.260. The highest BCUT2D eigenvalue weighted by molar-refractivity contribution is 14.1. The number of nitrogens with two attached hydrogens (primary N) is 1. The first kappa shape index (κ1) is 8.89. The van der Waals surface area contributed by atoms with E-state index in [1.165, 1.54) is 12.1 Å². The summed E-state index contributed by atoms with van der Waals surface area (Å²) in [6, 6.07) is 4.66. The molecule has 0 fully saturated rings. The Labute approximate surface area is 77.6 Å². The highest BCUT2D eigenvalue weighted by atomic mass is 127. The van der Waals surface area contributed by atoms with Gasteiger partial charge < -0.3 is 0 Å². The van der Waals surface area contributed by atoms with Crippen LogP contribution in [0.5, 0.6) is 0 Å². The molecule has 0 spiro atoms. The largest absolute Gasteiger partial charge is 0.300 e. The molecule has 0 aromatic heterocycles. The van der Waals surface area contributed by atoms with Crippen LogP contribution in [0.1, 0.15) is 5.56 Å². The molecule has 1 aromatic rings. The number of benzene rings is 1. The summed E-state index contributed by atoms with van der Waals surface area (Å²) < 4.78 is 13.5. The van der Waals surface area contributed by atoms with Gasteiger partial charge in [0, 0.05) is 3.57 Å². The van der Waals surface area contributed by atoms with E-state index in [2.05, 4.69) is 4.84 Å². The van der Waals surface area contributed by atoms with Gasteiger partial charge in [0.1, 0.15) is 5.82 Å². The van der Waals surface area contributed by atoms with Crippen LogP contribution in [0, 0.1) is 9.39 Å². The molecule has 0 aliphatic rings. The fraction of sp³-hybridized carbons (Fsp3) is 0.143. The second-order valence-corrected chi connectivity index (χ2v) is 3.33. The van der Waals surface area contributed by atoms with Crippen LogP contribution < -0.4 is 5.90 Å². The van der Waals surface area contributed by atoms with Crippen LogP contribution in [-0.4, -0.2) is 0 Å². The summed E-state index contributed by atoms with van der Waals surface area (Å²) in [5.41, 5.74) is 0.747. The van der Waals surface area contributed by atoms with E-state index in [1.807, 2.05) is 28.7 Å². The first-order chi connectivity index (χ1) is 5.22. The third kappa shape index (κ3) is 2.72. The van der Waals surface area contributed by atoms with Gasteiger partial charge in [0.15, 0.2) is 0 Å². The number of hydrogen-bond donors (Lipinski definition) is 1. The van der Waals surface area contributed by atoms with Gasteiger partial charge in [-0.15, -0.1) is 0 Å². The molecule has 0 amide bonds. The van der Waals surface area contributed by atoms with Gasteiger partial charge in [0.05, 0.1) is 6.61 Å². The van der Waals surface area contributed by atoms with Gasteiger partial charge in [-0.1, -0.05) is 0 Å². The topological polar surface area (TPSA) is 35.2 Å². The Hall–Kier alpha value is -0.200. The Kier molecular flexibility index (Phi) is 3.22. The van der Waals surface area contributed by atoms with Gasteiger partial charge in [-0.25, -0.2) is 10.3 Å². The van der Waals surface area contributed by atoms with Crippen molar-refractivity contribution in [2.45, 2.75) is 6.61 Å². The highest BCUT2D eigenvalue weighted by Crippen LogP contribution is 2.11. The van der Waals surface area contributed by atoms with E-state index in [1.54, 1.807) is 0 Å². The number of halogens is 2. The van der Waals surface area contributed by atoms with Crippen molar-refractivity contribution in [2.75, 3.05) is 0 Å². The lowest BCUT2D eigenvalue weighted by atomic mass is 10.2. The molecular formula is C7H7FINO. The molecule has 0 heterocycles. The Morgan fingerprint density at radius 2 is 2.18 bits per heavy atom. The van der Waals surface area contributed by atoms with Crippen molar-refractivity contribution in [1.82, 2.24) is 0 Å². The van der Waals surface area contributed by atoms with Crippen LogP contribution in [0.15, 0.2) is 18.2 Å². The minimum Gasteiger partial charge on any atom is -0.300 e. The van der Waals surface area contributed by atoms with Crippen molar-refractivity contribution in [2.24, 2.45) is 5.90 Å². The number of hydrogen-bond acceptors (Lipinski definition) is 2. The second-order valence-electron chi connectivity index (χ2n) is 2.09. The molecule has 0 saturated heterocycles. The van der Waals surface area contributed by atoms with E-state index in [4.69, 9.17) is 5.90 Å². The molecule has 1 rings (SSSR count). The first-order valence-corrected chi connectivity index (χ1v) is 4.07. The Morgan fingerprint density at radius 3 is 2.73 bits per heavy atom. The second kappa shape index (κ2) is 3.99. The van der Waals surface area contributed by atoms with Crippen LogP contribution in [0.2, 0.25) is 0 Å². The molecule has 0 unspecified atom stereocenters. The zero-order valence-corrected chi connectivity index (χ0v) is 7.84. The molecule has 4 heteroatoms. The Morgan fingerprint density at radius 1 is 1.45 bits per heavy atom. The molecular weight excluding hydrogens is 260 g/mol. The van der Waals surface area contributed by atoms with Gasteiger partial charge in [-0.2, -0.15) is 0 Å². The zero-order chi connectivity index (χ0) is 8.27. The van der Waals surface area contributed by atoms with Gasteiger partial charge in [0.2, 0.25) is 0 Å². The molecule has 0 bridgehead atoms. The van der Waals surface area contributed by atoms with Crippen LogP contribution in [0.3, 0.4) is 0 Å². The molecule has 1 aromatic carbocycles. The number of rotatable bonds is 2. The Balaban J connectivity index is 2.89. The highest BCUT2D eigenvalue weighted by Gasteiger charge is 1.97. The van der Waals surface area contributed by atoms with Crippen molar-refractivity contribution in [3.05, 3.63) is 33.1 Å². The van der Waals surface area contributed by atoms with Gasteiger partial charge in [-0.05, 0) is 46.4 Å². The standard InChI is InChI=1S/C7H7FINO/c8-6-1-5(4-11-10)2-7(9)3-6/h1-3H,4,10H2. The zero-order valence-electron chi connectivity index (χ0n) is 5.68. The molecule has 0 radical (unpaired) electrons. The summed E-state index contributed by atoms with van der Waals surface area (Å²) in [4.78, 5) is 4.37. The third-order valence-corrected chi connectivity index (χ3v) is 1.80. The average molecular weight is 267 g/mol. The lowest BCUT2D eigenvalue weighted by molar-refractivity contribution is 0.124. The lowest BCUT2D eigenvalue weighted by Crippen LogP contribution is -1.99. The van der Waals surface area contributed by atoms with Crippen molar-refractivity contribution < 1.29 is 9.23 Å². The van der Waals surface area contributed by atoms with Crippen LogP contribution >= 0.6 is 22.6 Å². The fourth-order valence-electron chi connectivity index (χ4n) is 0.791. The monoisotopic (exact) mass is 267 g/mol. The van der Waals surface area contributed by atoms with E-state index < -0.39 is 0 Å². The summed E-state index contributed by atoms with van der Waals surface area (Å²) in [7, 11) is 0. The van der Waals surface area contributed by atoms with Crippen molar-refractivity contribution >= 4 is 22.6 Å². The smallest absolute Gasteiger partial charge is 0.124 e. The van der Waals surface area contributed by atoms with Crippen molar-refractivity contribution in [3.63, 3.8) is 0 Å². The maximum absolute atomic E-state index is 12.7. The molecule has 2 nitrogen and oxygen atoms in total. The first-order valence-electron chi connectivity index (χ1n) is 2.99. The average Bonchev–Trinajstić information content (AvgIpc) is 1.85. The van der Waals surface area contributed by atoms with Crippen LogP contribution in [-0.2, 0) is 11.4 Å². The van der Waals surface area contributed by atoms with E-state index in [0.717, 1.165) is 9.13 Å². The molecule has 11 heavy (non-hydrogen) atoms. The summed E-state index contributed by atoms with van der Waals surface area (Å²) in [5, 5.41) is 0. The summed E-state index contributed by atoms with van der Waals surface area (Å²) in [6.45, 7) is 0.244. The predicted octanol–water partition coefficient (Wildman–Crippen LogP) is 1.82. The Bertz CT molecular complexity index is 234. The normalized spacial score (nSPS) is 10.1. The molecule has 0 saturated carbocycles. The minimum absolute atomic E-state index is 0.244. The van der Waals surface area contributed by atoms with Crippen LogP contribution in [0.25, 0.3) is 0 Å². The predicted molar refractivity (Wildman–Crippen MR) is 48.1 cm³/mol. The quantitative estimate of drug-likeness (QED) is 0.655. The van der Waals surface area contributed by atoms with E-state index in [9.17, 15) is 4.39 Å². The lowest BCUT2D eigenvalue weighted by Gasteiger charge is -1.99. The maximum Gasteiger partial charge on any atom is 0.124 e. The molecule has 60 valence electrons. The van der Waals surface area contributed by atoms with Gasteiger partial charge in [0.25, 0.3) is 0 Å². The van der Waals surface area contributed by atoms with E-state index in [0.29, 0.717) is 0 Å². The molecule has 0 aliphatic heterocycles. The van der Waals surface area contributed by atoms with E-state index in [-0.39, 0.29) is 12.4 Å². The van der Waals surface area contributed by atoms with Crippen molar-refractivity contribution in [1.29, 1.82) is 0 Å². The van der Waals surface area contributed by atoms with E-state index >= 15 is 0 Å². The molecule has 0 atom stereocenters.